The number of rotatable bonds is 3. The Morgan fingerprint density at radius 1 is 1.12 bits per heavy atom. The molecule has 2 aromatic carbocycles. The molecule has 1 aliphatic rings. The molecule has 0 atom stereocenters. The first-order valence-electron chi connectivity index (χ1n) is 7.85. The molecule has 0 saturated carbocycles. The molecule has 1 heterocycles. The van der Waals surface area contributed by atoms with Crippen LogP contribution in [0.3, 0.4) is 0 Å². The molecule has 1 aliphatic heterocycles. The molecule has 25 heavy (non-hydrogen) atoms. The maximum atomic E-state index is 12.4. The molecule has 0 radical (unpaired) electrons. The summed E-state index contributed by atoms with van der Waals surface area (Å²) in [5.74, 6) is -1.02. The second-order valence-electron chi connectivity index (χ2n) is 5.93. The average Bonchev–Trinajstić information content (AvgIpc) is 2.68. The zero-order chi connectivity index (χ0) is 18.0. The van der Waals surface area contributed by atoms with Crippen molar-refractivity contribution in [1.82, 2.24) is 0 Å². The van der Waals surface area contributed by atoms with Crippen LogP contribution in [-0.4, -0.2) is 32.5 Å². The topological polar surface area (TPSA) is 83.6 Å². The van der Waals surface area contributed by atoms with Crippen LogP contribution in [0, 0.1) is 6.92 Å². The number of hydrogen-bond donors (Lipinski definition) is 1. The smallest absolute Gasteiger partial charge is 0.244 e. The van der Waals surface area contributed by atoms with E-state index in [1.54, 1.807) is 30.3 Å². The Morgan fingerprint density at radius 2 is 1.80 bits per heavy atom. The number of amides is 2. The second kappa shape index (κ2) is 6.68. The second-order valence-corrected chi connectivity index (χ2v) is 8.01. The van der Waals surface area contributed by atoms with Gasteiger partial charge in [-0.15, -0.1) is 0 Å². The van der Waals surface area contributed by atoms with Crippen molar-refractivity contribution in [2.75, 3.05) is 22.5 Å². The number of fused-ring (bicyclic) bond motifs is 1. The van der Waals surface area contributed by atoms with E-state index in [-0.39, 0.29) is 41.1 Å². The Kier molecular flexibility index (Phi) is 4.59. The van der Waals surface area contributed by atoms with Crippen molar-refractivity contribution >= 4 is 33.0 Å². The summed E-state index contributed by atoms with van der Waals surface area (Å²) in [4.78, 5) is 26.0. The van der Waals surface area contributed by atoms with Gasteiger partial charge in [0.15, 0.2) is 9.84 Å². The van der Waals surface area contributed by atoms with E-state index in [0.717, 1.165) is 5.56 Å². The monoisotopic (exact) mass is 358 g/mol. The molecule has 0 unspecified atom stereocenters. The number of para-hydroxylation sites is 1. The number of carbonyl (C=O) groups is 2. The first kappa shape index (κ1) is 17.2. The van der Waals surface area contributed by atoms with Crippen molar-refractivity contribution in [2.45, 2.75) is 18.2 Å². The zero-order valence-electron chi connectivity index (χ0n) is 13.7. The van der Waals surface area contributed by atoms with E-state index < -0.39 is 9.84 Å². The van der Waals surface area contributed by atoms with Gasteiger partial charge < -0.3 is 10.2 Å². The largest absolute Gasteiger partial charge is 0.325 e. The van der Waals surface area contributed by atoms with Crippen LogP contribution in [0.15, 0.2) is 53.4 Å². The van der Waals surface area contributed by atoms with Crippen molar-refractivity contribution < 1.29 is 18.0 Å². The van der Waals surface area contributed by atoms with Crippen LogP contribution < -0.4 is 10.2 Å². The Bertz CT molecular complexity index is 920. The minimum atomic E-state index is -3.54. The normalized spacial score (nSPS) is 16.0. The van der Waals surface area contributed by atoms with Gasteiger partial charge in [-0.25, -0.2) is 8.42 Å². The molecule has 7 heteroatoms. The van der Waals surface area contributed by atoms with Crippen LogP contribution in [0.5, 0.6) is 0 Å². The molecule has 0 spiro atoms. The summed E-state index contributed by atoms with van der Waals surface area (Å²) >= 11 is 0. The van der Waals surface area contributed by atoms with Gasteiger partial charge in [0.1, 0.15) is 6.54 Å². The Balaban J connectivity index is 1.86. The Hall–Kier alpha value is -2.67. The molecule has 0 aliphatic carbocycles. The van der Waals surface area contributed by atoms with Gasteiger partial charge >= 0.3 is 0 Å². The SMILES string of the molecule is Cc1ccc(NC(=O)CN2C(=O)CCS(=O)(=O)c3ccccc32)cc1. The van der Waals surface area contributed by atoms with Gasteiger partial charge in [0.05, 0.1) is 16.3 Å². The molecule has 130 valence electrons. The Labute approximate surface area is 146 Å². The number of benzene rings is 2. The maximum Gasteiger partial charge on any atom is 0.244 e. The standard InChI is InChI=1S/C18H18N2O4S/c1-13-6-8-14(9-7-13)19-17(21)12-20-15-4-2-3-5-16(15)25(23,24)11-10-18(20)22/h2-9H,10-12H2,1H3,(H,19,21). The fourth-order valence-electron chi connectivity index (χ4n) is 2.70. The van der Waals surface area contributed by atoms with Crippen molar-refractivity contribution in [3.8, 4) is 0 Å². The lowest BCUT2D eigenvalue weighted by Crippen LogP contribution is -2.37. The van der Waals surface area contributed by atoms with Crippen LogP contribution in [0.2, 0.25) is 0 Å². The van der Waals surface area contributed by atoms with Crippen LogP contribution >= 0.6 is 0 Å². The van der Waals surface area contributed by atoms with Gasteiger partial charge in [-0.3, -0.25) is 9.59 Å². The van der Waals surface area contributed by atoms with Gasteiger partial charge in [-0.1, -0.05) is 29.8 Å². The van der Waals surface area contributed by atoms with E-state index in [0.29, 0.717) is 5.69 Å². The molecule has 3 rings (SSSR count). The highest BCUT2D eigenvalue weighted by atomic mass is 32.2. The number of sulfone groups is 1. The molecule has 2 amide bonds. The van der Waals surface area contributed by atoms with E-state index in [9.17, 15) is 18.0 Å². The number of carbonyl (C=O) groups excluding carboxylic acids is 2. The fraction of sp³-hybridized carbons (Fsp3) is 0.222. The van der Waals surface area contributed by atoms with Crippen molar-refractivity contribution in [3.63, 3.8) is 0 Å². The zero-order valence-corrected chi connectivity index (χ0v) is 14.5. The number of aryl methyl sites for hydroxylation is 1. The van der Waals surface area contributed by atoms with Crippen LogP contribution in [0.1, 0.15) is 12.0 Å². The minimum Gasteiger partial charge on any atom is -0.325 e. The summed E-state index contributed by atoms with van der Waals surface area (Å²) < 4.78 is 24.6. The van der Waals surface area contributed by atoms with Crippen LogP contribution in [0.25, 0.3) is 0 Å². The summed E-state index contributed by atoms with van der Waals surface area (Å²) in [5, 5.41) is 2.73. The number of anilines is 2. The molecular weight excluding hydrogens is 340 g/mol. The first-order valence-corrected chi connectivity index (χ1v) is 9.51. The van der Waals surface area contributed by atoms with E-state index in [4.69, 9.17) is 0 Å². The summed E-state index contributed by atoms with van der Waals surface area (Å²) in [5.41, 5.74) is 1.95. The van der Waals surface area contributed by atoms with Gasteiger partial charge in [-0.2, -0.15) is 0 Å². The predicted molar refractivity (Wildman–Crippen MR) is 95.3 cm³/mol. The van der Waals surface area contributed by atoms with Crippen molar-refractivity contribution in [1.29, 1.82) is 0 Å². The summed E-state index contributed by atoms with van der Waals surface area (Å²) in [7, 11) is -3.54. The van der Waals surface area contributed by atoms with Crippen LogP contribution in [0.4, 0.5) is 11.4 Å². The maximum absolute atomic E-state index is 12.4. The quantitative estimate of drug-likeness (QED) is 0.911. The summed E-state index contributed by atoms with van der Waals surface area (Å²) in [6.07, 6.45) is -0.144. The van der Waals surface area contributed by atoms with Crippen molar-refractivity contribution in [2.24, 2.45) is 0 Å². The van der Waals surface area contributed by atoms with E-state index in [1.807, 2.05) is 19.1 Å². The lowest BCUT2D eigenvalue weighted by atomic mass is 10.2. The molecule has 1 N–H and O–H groups in total. The van der Waals surface area contributed by atoms with Gasteiger partial charge in [0, 0.05) is 12.1 Å². The molecule has 6 nitrogen and oxygen atoms in total. The molecule has 0 saturated heterocycles. The van der Waals surface area contributed by atoms with E-state index in [2.05, 4.69) is 5.32 Å². The Morgan fingerprint density at radius 3 is 2.52 bits per heavy atom. The highest BCUT2D eigenvalue weighted by molar-refractivity contribution is 7.91. The molecule has 2 aromatic rings. The number of hydrogen-bond acceptors (Lipinski definition) is 4. The number of nitrogens with one attached hydrogen (secondary N) is 1. The fourth-order valence-corrected chi connectivity index (χ4v) is 4.14. The van der Waals surface area contributed by atoms with Gasteiger partial charge in [0.25, 0.3) is 0 Å². The van der Waals surface area contributed by atoms with E-state index in [1.165, 1.54) is 11.0 Å². The first-order chi connectivity index (χ1) is 11.9. The minimum absolute atomic E-state index is 0.0870. The lowest BCUT2D eigenvalue weighted by Gasteiger charge is -2.21. The average molecular weight is 358 g/mol. The third-order valence-electron chi connectivity index (χ3n) is 4.01. The summed E-state index contributed by atoms with van der Waals surface area (Å²) in [6, 6.07) is 13.6. The van der Waals surface area contributed by atoms with Gasteiger partial charge in [0.2, 0.25) is 11.8 Å². The van der Waals surface area contributed by atoms with Crippen molar-refractivity contribution in [3.05, 3.63) is 54.1 Å². The molecular formula is C18H18N2O4S. The van der Waals surface area contributed by atoms with E-state index >= 15 is 0 Å². The highest BCUT2D eigenvalue weighted by Gasteiger charge is 2.31. The molecule has 0 aromatic heterocycles. The highest BCUT2D eigenvalue weighted by Crippen LogP contribution is 2.30. The van der Waals surface area contributed by atoms with Crippen LogP contribution in [-0.2, 0) is 19.4 Å². The lowest BCUT2D eigenvalue weighted by molar-refractivity contribution is -0.121. The predicted octanol–water partition coefficient (Wildman–Crippen LogP) is 2.14. The third kappa shape index (κ3) is 3.71. The third-order valence-corrected chi connectivity index (χ3v) is 5.77. The molecule has 0 bridgehead atoms. The number of nitrogens with zero attached hydrogens (tertiary/aromatic N) is 1. The summed E-state index contributed by atoms with van der Waals surface area (Å²) in [6.45, 7) is 1.71. The van der Waals surface area contributed by atoms with Gasteiger partial charge in [-0.05, 0) is 31.2 Å². The molecule has 0 fully saturated rings.